The van der Waals surface area contributed by atoms with Crippen LogP contribution in [0.15, 0.2) is 5.38 Å². The number of aromatic nitrogens is 1. The predicted octanol–water partition coefficient (Wildman–Crippen LogP) is 2.38. The van der Waals surface area contributed by atoms with E-state index in [0.29, 0.717) is 6.54 Å². The summed E-state index contributed by atoms with van der Waals surface area (Å²) in [6, 6.07) is 0. The first-order chi connectivity index (χ1) is 10.6. The number of ether oxygens (including phenoxy) is 1. The number of aryl methyl sites for hydroxylation is 2. The lowest BCUT2D eigenvalue weighted by Crippen LogP contribution is -2.43. The number of nitrogens with one attached hydrogen (secondary N) is 1. The molecule has 1 atom stereocenters. The standard InChI is InChI=1S/C16H22N2O3S/c1-11-10-22-13(18-11)5-4-8-17-15(20)12-9-14(19)21-16(12)6-2-3-7-16/h10,12H,2-9H2,1H3,(H,17,20)/t12-/m1/s1. The Morgan fingerprint density at radius 2 is 2.27 bits per heavy atom. The summed E-state index contributed by atoms with van der Waals surface area (Å²) >= 11 is 1.66. The molecule has 0 unspecified atom stereocenters. The normalized spacial score (nSPS) is 23.0. The smallest absolute Gasteiger partial charge is 0.307 e. The molecule has 0 aromatic carbocycles. The highest BCUT2D eigenvalue weighted by Gasteiger charge is 2.53. The van der Waals surface area contributed by atoms with E-state index < -0.39 is 5.60 Å². The molecule has 1 aromatic heterocycles. The zero-order chi connectivity index (χ0) is 15.6. The summed E-state index contributed by atoms with van der Waals surface area (Å²) in [5.74, 6) is -0.548. The Morgan fingerprint density at radius 3 is 2.95 bits per heavy atom. The van der Waals surface area contributed by atoms with Gasteiger partial charge in [-0.1, -0.05) is 0 Å². The highest BCUT2D eigenvalue weighted by Crippen LogP contribution is 2.45. The number of carbonyl (C=O) groups excluding carboxylic acids is 2. The molecule has 2 aliphatic rings. The van der Waals surface area contributed by atoms with Gasteiger partial charge in [0, 0.05) is 24.0 Å². The van der Waals surface area contributed by atoms with Gasteiger partial charge in [0.05, 0.1) is 17.3 Å². The Kier molecular flexibility index (Phi) is 4.47. The summed E-state index contributed by atoms with van der Waals surface area (Å²) in [7, 11) is 0. The third kappa shape index (κ3) is 3.16. The summed E-state index contributed by atoms with van der Waals surface area (Å²) in [5.41, 5.74) is 0.543. The van der Waals surface area contributed by atoms with Crippen molar-refractivity contribution < 1.29 is 14.3 Å². The first-order valence-corrected chi connectivity index (χ1v) is 8.88. The highest BCUT2D eigenvalue weighted by molar-refractivity contribution is 7.09. The van der Waals surface area contributed by atoms with Crippen LogP contribution in [0.2, 0.25) is 0 Å². The van der Waals surface area contributed by atoms with Crippen LogP contribution in [0.5, 0.6) is 0 Å². The summed E-state index contributed by atoms with van der Waals surface area (Å²) in [6.45, 7) is 2.61. The van der Waals surface area contributed by atoms with E-state index in [2.05, 4.69) is 10.3 Å². The minimum Gasteiger partial charge on any atom is -0.458 e. The van der Waals surface area contributed by atoms with Crippen molar-refractivity contribution in [2.75, 3.05) is 6.54 Å². The van der Waals surface area contributed by atoms with Gasteiger partial charge in [-0.15, -0.1) is 11.3 Å². The fourth-order valence-corrected chi connectivity index (χ4v) is 4.36. The van der Waals surface area contributed by atoms with Crippen LogP contribution in [0.25, 0.3) is 0 Å². The molecule has 120 valence electrons. The van der Waals surface area contributed by atoms with Gasteiger partial charge in [0.15, 0.2) is 0 Å². The molecular formula is C16H22N2O3S. The number of rotatable bonds is 5. The second-order valence-corrected chi connectivity index (χ2v) is 7.22. The minimum absolute atomic E-state index is 0.0249. The molecule has 1 saturated carbocycles. The molecule has 1 saturated heterocycles. The van der Waals surface area contributed by atoms with Crippen LogP contribution < -0.4 is 5.32 Å². The Bertz CT molecular complexity index is 563. The maximum absolute atomic E-state index is 12.4. The average Bonchev–Trinajstić information content (AvgIpc) is 3.18. The van der Waals surface area contributed by atoms with Gasteiger partial charge >= 0.3 is 5.97 Å². The number of carbonyl (C=O) groups is 2. The Morgan fingerprint density at radius 1 is 1.50 bits per heavy atom. The predicted molar refractivity (Wildman–Crippen MR) is 83.6 cm³/mol. The van der Waals surface area contributed by atoms with Crippen LogP contribution >= 0.6 is 11.3 Å². The Hall–Kier alpha value is -1.43. The number of thiazole rings is 1. The van der Waals surface area contributed by atoms with Gasteiger partial charge in [-0.05, 0) is 39.0 Å². The van der Waals surface area contributed by atoms with Crippen LogP contribution in [-0.2, 0) is 20.7 Å². The number of hydrogen-bond donors (Lipinski definition) is 1. The zero-order valence-corrected chi connectivity index (χ0v) is 13.7. The van der Waals surface area contributed by atoms with E-state index in [1.807, 2.05) is 12.3 Å². The van der Waals surface area contributed by atoms with E-state index in [0.717, 1.165) is 49.2 Å². The van der Waals surface area contributed by atoms with Crippen molar-refractivity contribution in [1.82, 2.24) is 10.3 Å². The second-order valence-electron chi connectivity index (χ2n) is 6.28. The molecule has 22 heavy (non-hydrogen) atoms. The van der Waals surface area contributed by atoms with Gasteiger partial charge in [-0.2, -0.15) is 0 Å². The maximum Gasteiger partial charge on any atom is 0.307 e. The molecule has 2 fully saturated rings. The molecule has 1 aliphatic carbocycles. The van der Waals surface area contributed by atoms with Crippen LogP contribution in [-0.4, -0.2) is 29.0 Å². The fourth-order valence-electron chi connectivity index (χ4n) is 3.54. The summed E-state index contributed by atoms with van der Waals surface area (Å²) in [4.78, 5) is 28.5. The van der Waals surface area contributed by atoms with E-state index in [1.165, 1.54) is 0 Å². The summed E-state index contributed by atoms with van der Waals surface area (Å²) < 4.78 is 5.51. The third-order valence-electron chi connectivity index (χ3n) is 4.62. The van der Waals surface area contributed by atoms with Crippen LogP contribution in [0.1, 0.15) is 49.2 Å². The number of hydrogen-bond acceptors (Lipinski definition) is 5. The lowest BCUT2D eigenvalue weighted by atomic mass is 9.85. The quantitative estimate of drug-likeness (QED) is 0.667. The van der Waals surface area contributed by atoms with Crippen molar-refractivity contribution in [1.29, 1.82) is 0 Å². The van der Waals surface area contributed by atoms with Crippen molar-refractivity contribution in [2.24, 2.45) is 5.92 Å². The van der Waals surface area contributed by atoms with E-state index in [-0.39, 0.29) is 24.2 Å². The van der Waals surface area contributed by atoms with Crippen LogP contribution in [0, 0.1) is 12.8 Å². The van der Waals surface area contributed by atoms with E-state index >= 15 is 0 Å². The number of nitrogens with zero attached hydrogens (tertiary/aromatic N) is 1. The van der Waals surface area contributed by atoms with Gasteiger partial charge in [0.1, 0.15) is 5.60 Å². The molecule has 1 N–H and O–H groups in total. The van der Waals surface area contributed by atoms with Gasteiger partial charge < -0.3 is 10.1 Å². The Labute approximate surface area is 134 Å². The summed E-state index contributed by atoms with van der Waals surface area (Å²) in [6.07, 6.45) is 5.72. The molecule has 5 nitrogen and oxygen atoms in total. The topological polar surface area (TPSA) is 68.3 Å². The minimum atomic E-state index is -0.506. The first-order valence-electron chi connectivity index (χ1n) is 8.00. The number of amides is 1. The lowest BCUT2D eigenvalue weighted by Gasteiger charge is -2.27. The van der Waals surface area contributed by atoms with Crippen molar-refractivity contribution >= 4 is 23.2 Å². The van der Waals surface area contributed by atoms with Crippen molar-refractivity contribution in [3.63, 3.8) is 0 Å². The molecule has 1 amide bonds. The first kappa shape index (κ1) is 15.5. The molecule has 0 bridgehead atoms. The van der Waals surface area contributed by atoms with Crippen LogP contribution in [0.4, 0.5) is 0 Å². The second kappa shape index (κ2) is 6.36. The molecule has 2 heterocycles. The highest BCUT2D eigenvalue weighted by atomic mass is 32.1. The molecule has 1 aliphatic heterocycles. The third-order valence-corrected chi connectivity index (χ3v) is 5.65. The summed E-state index contributed by atoms with van der Waals surface area (Å²) in [5, 5.41) is 6.13. The molecule has 0 radical (unpaired) electrons. The zero-order valence-electron chi connectivity index (χ0n) is 12.9. The van der Waals surface area contributed by atoms with Gasteiger partial charge in [-0.25, -0.2) is 4.98 Å². The molecule has 1 aromatic rings. The van der Waals surface area contributed by atoms with E-state index in [9.17, 15) is 9.59 Å². The maximum atomic E-state index is 12.4. The molecular weight excluding hydrogens is 300 g/mol. The van der Waals surface area contributed by atoms with Crippen molar-refractivity contribution in [2.45, 2.75) is 57.5 Å². The van der Waals surface area contributed by atoms with E-state index in [1.54, 1.807) is 11.3 Å². The largest absolute Gasteiger partial charge is 0.458 e. The molecule has 6 heteroatoms. The van der Waals surface area contributed by atoms with Gasteiger partial charge in [-0.3, -0.25) is 9.59 Å². The lowest BCUT2D eigenvalue weighted by molar-refractivity contribution is -0.149. The molecule has 3 rings (SSSR count). The SMILES string of the molecule is Cc1csc(CCCNC(=O)[C@H]2CC(=O)OC23CCCC3)n1. The molecule has 1 spiro atoms. The van der Waals surface area contributed by atoms with Crippen molar-refractivity contribution in [3.8, 4) is 0 Å². The number of esters is 1. The average molecular weight is 322 g/mol. The van der Waals surface area contributed by atoms with E-state index in [4.69, 9.17) is 4.74 Å². The van der Waals surface area contributed by atoms with Crippen LogP contribution in [0.3, 0.4) is 0 Å². The van der Waals surface area contributed by atoms with Gasteiger partial charge in [0.2, 0.25) is 5.91 Å². The van der Waals surface area contributed by atoms with Crippen molar-refractivity contribution in [3.05, 3.63) is 16.1 Å². The van der Waals surface area contributed by atoms with Gasteiger partial charge in [0.25, 0.3) is 0 Å². The Balaban J connectivity index is 1.48. The monoisotopic (exact) mass is 322 g/mol. The fraction of sp³-hybridized carbons (Fsp3) is 0.688.